The van der Waals surface area contributed by atoms with Crippen molar-refractivity contribution >= 4 is 11.8 Å². The van der Waals surface area contributed by atoms with Crippen molar-refractivity contribution in [3.05, 3.63) is 29.2 Å². The third-order valence-corrected chi connectivity index (χ3v) is 11.2. The van der Waals surface area contributed by atoms with E-state index in [-0.39, 0.29) is 39.8 Å². The summed E-state index contributed by atoms with van der Waals surface area (Å²) in [5.41, 5.74) is 1.80. The van der Waals surface area contributed by atoms with Gasteiger partial charge in [0.15, 0.2) is 5.78 Å². The van der Waals surface area contributed by atoms with E-state index in [1.165, 1.54) is 11.1 Å². The predicted octanol–water partition coefficient (Wildman–Crippen LogP) is 6.65. The van der Waals surface area contributed by atoms with Crippen LogP contribution in [0.15, 0.2) is 22.4 Å². The van der Waals surface area contributed by atoms with Crippen LogP contribution in [-0.2, 0) is 22.4 Å². The van der Waals surface area contributed by atoms with E-state index in [0.717, 1.165) is 57.1 Å². The molecule has 5 aliphatic carbocycles. The minimum absolute atomic E-state index is 0.0370. The smallest absolute Gasteiger partial charge is 0.309 e. The zero-order chi connectivity index (χ0) is 25.4. The number of carbonyl (C=O) groups is 2. The SMILES string of the molecule is CC.CC1(C)CCC2(C(=O)O)CCC3C(C(=O)C=C4C5(C)Cc6cnoc6CC5CCC43C)C2C1. The van der Waals surface area contributed by atoms with Crippen molar-refractivity contribution in [3.8, 4) is 0 Å². The normalized spacial score (nSPS) is 43.1. The van der Waals surface area contributed by atoms with Gasteiger partial charge < -0.3 is 9.63 Å². The highest BCUT2D eigenvalue weighted by Crippen LogP contribution is 2.69. The second-order valence-electron chi connectivity index (χ2n) is 13.3. The minimum atomic E-state index is -0.725. The van der Waals surface area contributed by atoms with E-state index < -0.39 is 11.4 Å². The van der Waals surface area contributed by atoms with Crippen molar-refractivity contribution in [1.82, 2.24) is 5.16 Å². The second kappa shape index (κ2) is 8.05. The van der Waals surface area contributed by atoms with Crippen LogP contribution in [-0.4, -0.2) is 22.0 Å². The summed E-state index contributed by atoms with van der Waals surface area (Å²) < 4.78 is 5.54. The fraction of sp³-hybridized carbons (Fsp3) is 0.767. The Morgan fingerprint density at radius 2 is 1.77 bits per heavy atom. The predicted molar refractivity (Wildman–Crippen MR) is 135 cm³/mol. The van der Waals surface area contributed by atoms with Crippen LogP contribution in [0.3, 0.4) is 0 Å². The molecule has 0 aromatic carbocycles. The molecule has 1 N–H and O–H groups in total. The molecule has 35 heavy (non-hydrogen) atoms. The van der Waals surface area contributed by atoms with Crippen LogP contribution in [0.2, 0.25) is 0 Å². The number of hydrogen-bond acceptors (Lipinski definition) is 4. The Bertz CT molecular complexity index is 1070. The Hall–Kier alpha value is -1.91. The lowest BCUT2D eigenvalue weighted by atomic mass is 9.39. The molecule has 7 atom stereocenters. The Balaban J connectivity index is 0.00000124. The molecule has 7 unspecified atom stereocenters. The third-order valence-electron chi connectivity index (χ3n) is 11.2. The number of carbonyl (C=O) groups excluding carboxylic acids is 1. The fourth-order valence-electron chi connectivity index (χ4n) is 9.31. The monoisotopic (exact) mass is 481 g/mol. The first kappa shape index (κ1) is 24.8. The Labute approximate surface area is 210 Å². The van der Waals surface area contributed by atoms with E-state index in [2.05, 4.69) is 32.9 Å². The number of aliphatic carboxylic acids is 1. The minimum Gasteiger partial charge on any atom is -0.481 e. The van der Waals surface area contributed by atoms with Crippen molar-refractivity contribution in [1.29, 1.82) is 0 Å². The summed E-state index contributed by atoms with van der Waals surface area (Å²) in [5, 5.41) is 14.5. The van der Waals surface area contributed by atoms with Crippen molar-refractivity contribution < 1.29 is 19.2 Å². The van der Waals surface area contributed by atoms with Crippen LogP contribution >= 0.6 is 0 Å². The van der Waals surface area contributed by atoms with Gasteiger partial charge in [-0.15, -0.1) is 0 Å². The summed E-state index contributed by atoms with van der Waals surface area (Å²) >= 11 is 0. The van der Waals surface area contributed by atoms with Gasteiger partial charge in [-0.3, -0.25) is 9.59 Å². The summed E-state index contributed by atoms with van der Waals surface area (Å²) in [6, 6.07) is 0. The molecule has 3 fully saturated rings. The molecule has 6 rings (SSSR count). The molecule has 5 nitrogen and oxygen atoms in total. The summed E-state index contributed by atoms with van der Waals surface area (Å²) in [7, 11) is 0. The van der Waals surface area contributed by atoms with Crippen molar-refractivity contribution in [2.45, 2.75) is 99.3 Å². The maximum atomic E-state index is 14.0. The zero-order valence-electron chi connectivity index (χ0n) is 22.4. The lowest BCUT2D eigenvalue weighted by molar-refractivity contribution is -0.174. The van der Waals surface area contributed by atoms with Gasteiger partial charge in [0.1, 0.15) is 5.76 Å². The van der Waals surface area contributed by atoms with Gasteiger partial charge in [-0.05, 0) is 91.4 Å². The molecule has 192 valence electrons. The number of allylic oxidation sites excluding steroid dienone is 2. The maximum absolute atomic E-state index is 14.0. The number of ketones is 1. The van der Waals surface area contributed by atoms with Crippen LogP contribution in [0.25, 0.3) is 0 Å². The molecule has 5 aliphatic rings. The number of carboxylic acid groups (broad SMARTS) is 1. The lowest BCUT2D eigenvalue weighted by Crippen LogP contribution is -2.61. The number of nitrogens with zero attached hydrogens (tertiary/aromatic N) is 1. The Morgan fingerprint density at radius 1 is 1.03 bits per heavy atom. The van der Waals surface area contributed by atoms with Crippen molar-refractivity contribution in [2.75, 3.05) is 0 Å². The van der Waals surface area contributed by atoms with Crippen LogP contribution < -0.4 is 0 Å². The summed E-state index contributed by atoms with van der Waals surface area (Å²) in [6.07, 6.45) is 11.9. The fourth-order valence-corrected chi connectivity index (χ4v) is 9.31. The quantitative estimate of drug-likeness (QED) is 0.485. The molecule has 0 amide bonds. The standard InChI is InChI=1S/C28H37NO4.C2H6/c1-25(2)9-10-28(24(31)32)8-6-18-23(19(28)14-25)20(30)12-22-26(18,3)7-5-17-11-21-16(15-29-33-21)13-27(17,22)4;1-2/h12,15,17-19,23H,5-11,13-14H2,1-4H3,(H,31,32);1-2H3. The Kier molecular flexibility index (Phi) is 5.69. The van der Waals surface area contributed by atoms with Gasteiger partial charge in [0.25, 0.3) is 0 Å². The van der Waals surface area contributed by atoms with Crippen LogP contribution in [0.5, 0.6) is 0 Å². The molecule has 1 heterocycles. The van der Waals surface area contributed by atoms with E-state index in [1.807, 2.05) is 26.1 Å². The highest BCUT2D eigenvalue weighted by atomic mass is 16.5. The number of rotatable bonds is 1. The maximum Gasteiger partial charge on any atom is 0.309 e. The van der Waals surface area contributed by atoms with Gasteiger partial charge in [-0.2, -0.15) is 0 Å². The molecule has 0 radical (unpaired) electrons. The first-order chi connectivity index (χ1) is 16.5. The van der Waals surface area contributed by atoms with Crippen LogP contribution in [0.1, 0.15) is 97.8 Å². The van der Waals surface area contributed by atoms with Crippen LogP contribution in [0, 0.1) is 45.3 Å². The number of fused-ring (bicyclic) bond motifs is 8. The molecule has 0 saturated heterocycles. The topological polar surface area (TPSA) is 80.4 Å². The lowest BCUT2D eigenvalue weighted by Gasteiger charge is -2.63. The molecule has 0 bridgehead atoms. The van der Waals surface area contributed by atoms with Gasteiger partial charge >= 0.3 is 5.97 Å². The van der Waals surface area contributed by atoms with Crippen LogP contribution in [0.4, 0.5) is 0 Å². The first-order valence-electron chi connectivity index (χ1n) is 13.9. The average molecular weight is 482 g/mol. The van der Waals surface area contributed by atoms with E-state index in [0.29, 0.717) is 12.3 Å². The average Bonchev–Trinajstić information content (AvgIpc) is 3.26. The summed E-state index contributed by atoms with van der Waals surface area (Å²) in [5.74, 6) is 1.07. The van der Waals surface area contributed by atoms with Crippen molar-refractivity contribution in [2.24, 2.45) is 45.3 Å². The number of carboxylic acids is 1. The molecule has 0 aliphatic heterocycles. The number of aromatic nitrogens is 1. The largest absolute Gasteiger partial charge is 0.481 e. The van der Waals surface area contributed by atoms with Gasteiger partial charge in [0.05, 0.1) is 11.6 Å². The molecule has 0 spiro atoms. The van der Waals surface area contributed by atoms with E-state index in [1.54, 1.807) is 0 Å². The second-order valence-corrected chi connectivity index (χ2v) is 13.3. The zero-order valence-corrected chi connectivity index (χ0v) is 22.4. The Morgan fingerprint density at radius 3 is 2.49 bits per heavy atom. The molecule has 1 aromatic heterocycles. The highest BCUT2D eigenvalue weighted by Gasteiger charge is 2.65. The third kappa shape index (κ3) is 3.35. The van der Waals surface area contributed by atoms with Gasteiger partial charge in [-0.25, -0.2) is 0 Å². The highest BCUT2D eigenvalue weighted by molar-refractivity contribution is 5.95. The van der Waals surface area contributed by atoms with Gasteiger partial charge in [0.2, 0.25) is 0 Å². The van der Waals surface area contributed by atoms with E-state index in [4.69, 9.17) is 4.52 Å². The van der Waals surface area contributed by atoms with Gasteiger partial charge in [0, 0.05) is 17.9 Å². The van der Waals surface area contributed by atoms with Gasteiger partial charge in [-0.1, -0.05) is 52.3 Å². The number of hydrogen-bond donors (Lipinski definition) is 1. The molecular weight excluding hydrogens is 438 g/mol. The van der Waals surface area contributed by atoms with Crippen molar-refractivity contribution in [3.63, 3.8) is 0 Å². The molecule has 1 aromatic rings. The first-order valence-corrected chi connectivity index (χ1v) is 13.9. The summed E-state index contributed by atoms with van der Waals surface area (Å²) in [4.78, 5) is 26.6. The molecule has 3 saturated carbocycles. The molecular formula is C30H43NO4. The van der Waals surface area contributed by atoms with E-state index >= 15 is 0 Å². The summed E-state index contributed by atoms with van der Waals surface area (Å²) in [6.45, 7) is 13.3. The molecule has 5 heteroatoms. The van der Waals surface area contributed by atoms with E-state index in [9.17, 15) is 14.7 Å².